The molecule has 3 N–H and O–H groups in total. The van der Waals surface area contributed by atoms with Crippen molar-refractivity contribution in [3.05, 3.63) is 17.7 Å². The first kappa shape index (κ1) is 29.8. The Morgan fingerprint density at radius 2 is 1.52 bits per heavy atom. The Bertz CT molecular complexity index is 858. The average molecular weight is 520 g/mol. The van der Waals surface area contributed by atoms with E-state index in [-0.39, 0.29) is 18.1 Å². The Labute approximate surface area is 207 Å². The number of aryl methyl sites for hydroxylation is 1. The molecular weight excluding hydrogens is 482 g/mol. The predicted molar refractivity (Wildman–Crippen MR) is 137 cm³/mol. The van der Waals surface area contributed by atoms with Crippen LogP contribution in [-0.2, 0) is 19.7 Å². The summed E-state index contributed by atoms with van der Waals surface area (Å²) in [5, 5.41) is 11.8. The number of carboxylic acid groups (broad SMARTS) is 1. The fourth-order valence-corrected chi connectivity index (χ4v) is 5.50. The highest BCUT2D eigenvalue weighted by Crippen LogP contribution is 2.34. The zero-order valence-corrected chi connectivity index (χ0v) is 21.9. The van der Waals surface area contributed by atoms with Crippen molar-refractivity contribution in [3.8, 4) is 0 Å². The lowest BCUT2D eigenvalue weighted by Crippen LogP contribution is -2.12. The van der Waals surface area contributed by atoms with Crippen molar-refractivity contribution < 1.29 is 27.7 Å². The quantitative estimate of drug-likeness (QED) is 0.0816. The molecule has 1 aromatic rings. The maximum absolute atomic E-state index is 12.4. The molecule has 10 heteroatoms. The van der Waals surface area contributed by atoms with Crippen LogP contribution in [-0.4, -0.2) is 41.5 Å². The number of anilines is 1. The van der Waals surface area contributed by atoms with Crippen LogP contribution in [0.2, 0.25) is 0 Å². The van der Waals surface area contributed by atoms with Crippen LogP contribution in [0.1, 0.15) is 82.6 Å². The molecule has 0 aliphatic heterocycles. The van der Waals surface area contributed by atoms with Gasteiger partial charge in [0.25, 0.3) is 10.1 Å². The van der Waals surface area contributed by atoms with E-state index >= 15 is 0 Å². The lowest BCUT2D eigenvalue weighted by Gasteiger charge is -2.14. The Hall–Kier alpha value is -1.23. The molecule has 0 bridgehead atoms. The van der Waals surface area contributed by atoms with Crippen LogP contribution in [0.15, 0.2) is 21.9 Å². The molecule has 0 spiro atoms. The molecule has 0 fully saturated rings. The second-order valence-electron chi connectivity index (χ2n) is 8.27. The van der Waals surface area contributed by atoms with Crippen LogP contribution < -0.4 is 5.32 Å². The number of hydrogen-bond donors (Lipinski definition) is 4. The van der Waals surface area contributed by atoms with E-state index in [2.05, 4.69) is 17.9 Å². The normalized spacial score (nSPS) is 11.5. The standard InChI is InChI=1S/C23H37NO6S3/c1-18-16-19(31)23(20(17-18)32-14-11-13-22(26)27)24-21(25)12-9-7-5-3-2-4-6-8-10-15-33(28,29)30/h16-17,31H,2-15H2,1H3,(H,24,25)(H,26,27)(H,28,29,30). The van der Waals surface area contributed by atoms with Gasteiger partial charge in [0.1, 0.15) is 0 Å². The smallest absolute Gasteiger partial charge is 0.303 e. The lowest BCUT2D eigenvalue weighted by atomic mass is 10.1. The summed E-state index contributed by atoms with van der Waals surface area (Å²) in [6, 6.07) is 3.90. The molecule has 0 unspecified atom stereocenters. The van der Waals surface area contributed by atoms with Gasteiger partial charge in [-0.25, -0.2) is 0 Å². The van der Waals surface area contributed by atoms with E-state index in [4.69, 9.17) is 9.66 Å². The number of rotatable bonds is 18. The summed E-state index contributed by atoms with van der Waals surface area (Å²) >= 11 is 6.05. The zero-order valence-electron chi connectivity index (χ0n) is 19.3. The number of nitrogens with one attached hydrogen (secondary N) is 1. The maximum Gasteiger partial charge on any atom is 0.303 e. The third kappa shape index (κ3) is 15.3. The number of benzene rings is 1. The Kier molecular flexibility index (Phi) is 14.8. The molecule has 1 amide bonds. The molecule has 1 rings (SSSR count). The molecule has 0 saturated heterocycles. The Morgan fingerprint density at radius 3 is 2.09 bits per heavy atom. The van der Waals surface area contributed by atoms with Crippen LogP contribution in [0.4, 0.5) is 5.69 Å². The first-order valence-electron chi connectivity index (χ1n) is 11.5. The van der Waals surface area contributed by atoms with Crippen molar-refractivity contribution in [3.63, 3.8) is 0 Å². The fraction of sp³-hybridized carbons (Fsp3) is 0.652. The summed E-state index contributed by atoms with van der Waals surface area (Å²) in [6.07, 6.45) is 9.51. The van der Waals surface area contributed by atoms with E-state index in [9.17, 15) is 18.0 Å². The van der Waals surface area contributed by atoms with Gasteiger partial charge < -0.3 is 10.4 Å². The van der Waals surface area contributed by atoms with Gasteiger partial charge in [-0.15, -0.1) is 24.4 Å². The molecule has 33 heavy (non-hydrogen) atoms. The third-order valence-corrected chi connectivity index (χ3v) is 7.37. The van der Waals surface area contributed by atoms with Crippen molar-refractivity contribution in [2.45, 2.75) is 93.8 Å². The first-order valence-corrected chi connectivity index (χ1v) is 14.6. The van der Waals surface area contributed by atoms with Gasteiger partial charge in [-0.05, 0) is 49.6 Å². The number of thioether (sulfide) groups is 1. The highest BCUT2D eigenvalue weighted by Gasteiger charge is 2.12. The van der Waals surface area contributed by atoms with Crippen LogP contribution in [0.25, 0.3) is 0 Å². The summed E-state index contributed by atoms with van der Waals surface area (Å²) in [7, 11) is -3.83. The van der Waals surface area contributed by atoms with Crippen molar-refractivity contribution in [2.24, 2.45) is 0 Å². The molecule has 0 radical (unpaired) electrons. The van der Waals surface area contributed by atoms with Crippen molar-refractivity contribution in [1.29, 1.82) is 0 Å². The predicted octanol–water partition coefficient (Wildman–Crippen LogP) is 5.97. The van der Waals surface area contributed by atoms with E-state index in [0.717, 1.165) is 61.8 Å². The molecule has 0 aliphatic carbocycles. The number of hydrogen-bond acceptors (Lipinski definition) is 6. The van der Waals surface area contributed by atoms with E-state index < -0.39 is 16.1 Å². The summed E-state index contributed by atoms with van der Waals surface area (Å²) in [5.74, 6) is -0.344. The molecular formula is C23H37NO6S3. The number of unbranched alkanes of at least 4 members (excludes halogenated alkanes) is 8. The van der Waals surface area contributed by atoms with Gasteiger partial charge in [0.15, 0.2) is 0 Å². The van der Waals surface area contributed by atoms with Crippen molar-refractivity contribution in [1.82, 2.24) is 0 Å². The van der Waals surface area contributed by atoms with Crippen molar-refractivity contribution in [2.75, 3.05) is 16.8 Å². The molecule has 188 valence electrons. The summed E-state index contributed by atoms with van der Waals surface area (Å²) in [4.78, 5) is 24.7. The van der Waals surface area contributed by atoms with Gasteiger partial charge in [0.2, 0.25) is 5.91 Å². The van der Waals surface area contributed by atoms with Gasteiger partial charge >= 0.3 is 5.97 Å². The SMILES string of the molecule is Cc1cc(S)c(NC(=O)CCCCCCCCCCCS(=O)(=O)O)c(SCCCC(=O)O)c1. The molecule has 0 atom stereocenters. The number of thiol groups is 1. The van der Waals surface area contributed by atoms with Crippen LogP contribution in [0, 0.1) is 6.92 Å². The Morgan fingerprint density at radius 1 is 0.939 bits per heavy atom. The minimum absolute atomic E-state index is 0.0413. The largest absolute Gasteiger partial charge is 0.481 e. The highest BCUT2D eigenvalue weighted by atomic mass is 32.2. The van der Waals surface area contributed by atoms with Crippen LogP contribution >= 0.6 is 24.4 Å². The van der Waals surface area contributed by atoms with Crippen LogP contribution in [0.5, 0.6) is 0 Å². The number of carbonyl (C=O) groups is 2. The highest BCUT2D eigenvalue weighted by molar-refractivity contribution is 7.99. The third-order valence-electron chi connectivity index (χ3n) is 5.09. The van der Waals surface area contributed by atoms with Gasteiger partial charge in [-0.3, -0.25) is 14.1 Å². The topological polar surface area (TPSA) is 121 Å². The van der Waals surface area contributed by atoms with E-state index in [1.54, 1.807) is 0 Å². The summed E-state index contributed by atoms with van der Waals surface area (Å²) < 4.78 is 30.0. The molecule has 1 aromatic carbocycles. The summed E-state index contributed by atoms with van der Waals surface area (Å²) in [5.41, 5.74) is 1.74. The number of carbonyl (C=O) groups excluding carboxylic acids is 1. The molecule has 0 heterocycles. The second-order valence-corrected chi connectivity index (χ2v) is 11.5. The molecule has 0 aromatic heterocycles. The number of aliphatic carboxylic acids is 1. The second kappa shape index (κ2) is 16.4. The Balaban J connectivity index is 2.25. The van der Waals surface area contributed by atoms with Crippen LogP contribution in [0.3, 0.4) is 0 Å². The van der Waals surface area contributed by atoms with Gasteiger partial charge in [0, 0.05) is 22.6 Å². The number of amides is 1. The van der Waals surface area contributed by atoms with E-state index in [1.165, 1.54) is 11.8 Å². The van der Waals surface area contributed by atoms with E-state index in [1.807, 2.05) is 19.1 Å². The monoisotopic (exact) mass is 519 g/mol. The molecule has 7 nitrogen and oxygen atoms in total. The zero-order chi connectivity index (χ0) is 24.7. The van der Waals surface area contributed by atoms with Crippen molar-refractivity contribution >= 4 is 52.1 Å². The average Bonchev–Trinajstić information content (AvgIpc) is 2.70. The fourth-order valence-electron chi connectivity index (χ4n) is 3.39. The summed E-state index contributed by atoms with van der Waals surface area (Å²) in [6.45, 7) is 1.96. The van der Waals surface area contributed by atoms with Gasteiger partial charge in [-0.1, -0.05) is 44.9 Å². The van der Waals surface area contributed by atoms with E-state index in [0.29, 0.717) is 35.6 Å². The molecule has 0 saturated carbocycles. The minimum atomic E-state index is -3.83. The first-order chi connectivity index (χ1) is 15.6. The van der Waals surface area contributed by atoms with Gasteiger partial charge in [-0.2, -0.15) is 8.42 Å². The maximum atomic E-state index is 12.4. The minimum Gasteiger partial charge on any atom is -0.481 e. The van der Waals surface area contributed by atoms with Gasteiger partial charge in [0.05, 0.1) is 11.4 Å². The lowest BCUT2D eigenvalue weighted by molar-refractivity contribution is -0.137. The molecule has 0 aliphatic rings. The number of carboxylic acids is 1.